The van der Waals surface area contributed by atoms with Crippen molar-refractivity contribution < 1.29 is 38.4 Å². The first-order valence-electron chi connectivity index (χ1n) is 10.6. The lowest BCUT2D eigenvalue weighted by Crippen LogP contribution is -2.31. The third-order valence-electron chi connectivity index (χ3n) is 5.68. The average Bonchev–Trinajstić information content (AvgIpc) is 3.12. The van der Waals surface area contributed by atoms with Crippen LogP contribution in [0.1, 0.15) is 23.6 Å². The molecule has 1 aliphatic heterocycles. The number of Topliss-reactive ketones (excluding diaryl/α,β-unsaturated/α-hetero) is 1. The molecule has 1 fully saturated rings. The summed E-state index contributed by atoms with van der Waals surface area (Å²) < 4.78 is 26.8. The highest BCUT2D eigenvalue weighted by atomic mass is 16.5. The normalized spacial score (nSPS) is 17.1. The van der Waals surface area contributed by atoms with Crippen LogP contribution in [-0.4, -0.2) is 70.4 Å². The molecular weight excluding hydrogens is 442 g/mol. The Kier molecular flexibility index (Phi) is 8.01. The Balaban J connectivity index is 2.26. The number of likely N-dealkylation sites (tertiary alicyclic amines) is 1. The number of aliphatic hydroxyl groups is 1. The molecule has 1 saturated heterocycles. The lowest BCUT2D eigenvalue weighted by Gasteiger charge is -2.27. The molecule has 34 heavy (non-hydrogen) atoms. The zero-order valence-corrected chi connectivity index (χ0v) is 19.9. The summed E-state index contributed by atoms with van der Waals surface area (Å²) >= 11 is 0. The van der Waals surface area contributed by atoms with Crippen molar-refractivity contribution in [2.45, 2.75) is 12.5 Å². The molecule has 9 heteroatoms. The van der Waals surface area contributed by atoms with Crippen molar-refractivity contribution in [1.29, 1.82) is 0 Å². The van der Waals surface area contributed by atoms with Gasteiger partial charge in [0, 0.05) is 31.9 Å². The Labute approximate surface area is 198 Å². The van der Waals surface area contributed by atoms with Crippen LogP contribution in [0, 0.1) is 0 Å². The third kappa shape index (κ3) is 4.51. The molecule has 0 saturated carbocycles. The molecule has 182 valence electrons. The van der Waals surface area contributed by atoms with Crippen LogP contribution >= 0.6 is 0 Å². The number of rotatable bonds is 10. The summed E-state index contributed by atoms with van der Waals surface area (Å²) in [5, 5.41) is 11.4. The Hall–Kier alpha value is -3.72. The maximum Gasteiger partial charge on any atom is 0.295 e. The zero-order valence-electron chi connectivity index (χ0n) is 19.9. The van der Waals surface area contributed by atoms with Crippen molar-refractivity contribution in [2.75, 3.05) is 48.7 Å². The number of hydrogen-bond acceptors (Lipinski definition) is 8. The molecule has 2 aromatic carbocycles. The highest BCUT2D eigenvalue weighted by Gasteiger charge is 2.47. The summed E-state index contributed by atoms with van der Waals surface area (Å²) in [4.78, 5) is 27.8. The molecule has 0 aliphatic carbocycles. The van der Waals surface area contributed by atoms with Gasteiger partial charge in [-0.15, -0.1) is 0 Å². The second kappa shape index (κ2) is 10.9. The SMILES string of the molecule is COCCCN1C(=O)C(=O)/C(=C(/O)c2ccc(OC)cc2OC)C1c1cccc(OC)c1OC. The van der Waals surface area contributed by atoms with E-state index in [2.05, 4.69) is 0 Å². The monoisotopic (exact) mass is 471 g/mol. The van der Waals surface area contributed by atoms with Crippen molar-refractivity contribution in [3.8, 4) is 23.0 Å². The molecule has 0 radical (unpaired) electrons. The Morgan fingerprint density at radius 1 is 0.941 bits per heavy atom. The highest BCUT2D eigenvalue weighted by molar-refractivity contribution is 6.46. The van der Waals surface area contributed by atoms with E-state index in [1.807, 2.05) is 0 Å². The van der Waals surface area contributed by atoms with Crippen molar-refractivity contribution in [3.05, 3.63) is 53.1 Å². The molecule has 3 rings (SSSR count). The van der Waals surface area contributed by atoms with Gasteiger partial charge in [0.05, 0.1) is 45.6 Å². The smallest absolute Gasteiger partial charge is 0.295 e. The van der Waals surface area contributed by atoms with E-state index in [1.165, 1.54) is 33.3 Å². The summed E-state index contributed by atoms with van der Waals surface area (Å²) in [7, 11) is 7.49. The fraction of sp³-hybridized carbons (Fsp3) is 0.360. The van der Waals surface area contributed by atoms with Gasteiger partial charge in [-0.1, -0.05) is 12.1 Å². The molecule has 1 heterocycles. The van der Waals surface area contributed by atoms with Crippen LogP contribution in [0.25, 0.3) is 5.76 Å². The molecule has 1 unspecified atom stereocenters. The van der Waals surface area contributed by atoms with Gasteiger partial charge in [0.25, 0.3) is 11.7 Å². The summed E-state index contributed by atoms with van der Waals surface area (Å²) in [5.41, 5.74) is 0.690. The molecular formula is C25H29NO8. The third-order valence-corrected chi connectivity index (χ3v) is 5.68. The Morgan fingerprint density at radius 2 is 1.68 bits per heavy atom. The number of benzene rings is 2. The lowest BCUT2D eigenvalue weighted by atomic mass is 9.94. The van der Waals surface area contributed by atoms with Crippen LogP contribution in [-0.2, 0) is 14.3 Å². The minimum Gasteiger partial charge on any atom is -0.507 e. The van der Waals surface area contributed by atoms with Gasteiger partial charge in [0.15, 0.2) is 11.5 Å². The predicted molar refractivity (Wildman–Crippen MR) is 125 cm³/mol. The quantitative estimate of drug-likeness (QED) is 0.244. The standard InChI is InChI=1S/C25H29NO8/c1-30-13-7-12-26-21(17-8-6-9-18(32-3)24(17)34-5)20(23(28)25(26)29)22(27)16-11-10-15(31-2)14-19(16)33-4/h6,8-11,14,21,27H,7,12-13H2,1-5H3/b22-20+. The Bertz CT molecular complexity index is 1090. The first-order chi connectivity index (χ1) is 16.4. The van der Waals surface area contributed by atoms with Gasteiger partial charge >= 0.3 is 0 Å². The number of carbonyl (C=O) groups is 2. The number of para-hydroxylation sites is 1. The number of methoxy groups -OCH3 is 5. The van der Waals surface area contributed by atoms with E-state index in [4.69, 9.17) is 23.7 Å². The summed E-state index contributed by atoms with van der Waals surface area (Å²) in [6.45, 7) is 0.636. The van der Waals surface area contributed by atoms with Gasteiger partial charge in [0.1, 0.15) is 17.3 Å². The summed E-state index contributed by atoms with van der Waals surface area (Å²) in [6.07, 6.45) is 0.498. The van der Waals surface area contributed by atoms with Crippen LogP contribution in [0.4, 0.5) is 0 Å². The highest BCUT2D eigenvalue weighted by Crippen LogP contribution is 2.46. The van der Waals surface area contributed by atoms with Crippen molar-refractivity contribution in [1.82, 2.24) is 4.90 Å². The second-order valence-corrected chi connectivity index (χ2v) is 7.49. The van der Waals surface area contributed by atoms with Crippen molar-refractivity contribution in [2.24, 2.45) is 0 Å². The fourth-order valence-electron chi connectivity index (χ4n) is 4.08. The number of amides is 1. The molecule has 1 atom stereocenters. The van der Waals surface area contributed by atoms with Crippen LogP contribution in [0.3, 0.4) is 0 Å². The van der Waals surface area contributed by atoms with E-state index in [-0.39, 0.29) is 23.4 Å². The number of nitrogens with zero attached hydrogens (tertiary/aromatic N) is 1. The first kappa shape index (κ1) is 24.9. The van der Waals surface area contributed by atoms with Crippen molar-refractivity contribution in [3.63, 3.8) is 0 Å². The van der Waals surface area contributed by atoms with Gasteiger partial charge in [0.2, 0.25) is 0 Å². The van der Waals surface area contributed by atoms with Gasteiger partial charge < -0.3 is 33.7 Å². The summed E-state index contributed by atoms with van der Waals surface area (Å²) in [6, 6.07) is 9.07. The summed E-state index contributed by atoms with van der Waals surface area (Å²) in [5.74, 6) is -0.284. The zero-order chi connectivity index (χ0) is 24.8. The number of carbonyl (C=O) groups excluding carboxylic acids is 2. The minimum absolute atomic E-state index is 0.0718. The molecule has 0 aromatic heterocycles. The van der Waals surface area contributed by atoms with Gasteiger partial charge in [-0.2, -0.15) is 0 Å². The number of aliphatic hydroxyl groups excluding tert-OH is 1. The molecule has 9 nitrogen and oxygen atoms in total. The van der Waals surface area contributed by atoms with E-state index in [0.717, 1.165) is 0 Å². The maximum atomic E-state index is 13.2. The van der Waals surface area contributed by atoms with E-state index in [0.29, 0.717) is 41.6 Å². The molecule has 1 amide bonds. The van der Waals surface area contributed by atoms with Crippen LogP contribution in [0.15, 0.2) is 42.0 Å². The molecule has 0 spiro atoms. The van der Waals surface area contributed by atoms with Crippen LogP contribution in [0.5, 0.6) is 23.0 Å². The van der Waals surface area contributed by atoms with E-state index >= 15 is 0 Å². The molecule has 2 aromatic rings. The number of ether oxygens (including phenoxy) is 5. The van der Waals surface area contributed by atoms with Gasteiger partial charge in [-0.05, 0) is 24.6 Å². The fourth-order valence-corrected chi connectivity index (χ4v) is 4.08. The maximum absolute atomic E-state index is 13.2. The minimum atomic E-state index is -0.909. The number of ketones is 1. The molecule has 1 N–H and O–H groups in total. The van der Waals surface area contributed by atoms with E-state index in [1.54, 1.807) is 43.5 Å². The predicted octanol–water partition coefficient (Wildman–Crippen LogP) is 3.18. The first-order valence-corrected chi connectivity index (χ1v) is 10.6. The largest absolute Gasteiger partial charge is 0.507 e. The average molecular weight is 472 g/mol. The Morgan fingerprint density at radius 3 is 2.29 bits per heavy atom. The van der Waals surface area contributed by atoms with Crippen LogP contribution in [0.2, 0.25) is 0 Å². The number of hydrogen-bond donors (Lipinski definition) is 1. The van der Waals surface area contributed by atoms with E-state index in [9.17, 15) is 14.7 Å². The van der Waals surface area contributed by atoms with Gasteiger partial charge in [-0.3, -0.25) is 9.59 Å². The van der Waals surface area contributed by atoms with Crippen LogP contribution < -0.4 is 18.9 Å². The van der Waals surface area contributed by atoms with Gasteiger partial charge in [-0.25, -0.2) is 0 Å². The van der Waals surface area contributed by atoms with Crippen molar-refractivity contribution >= 4 is 17.4 Å². The topological polar surface area (TPSA) is 104 Å². The molecule has 1 aliphatic rings. The lowest BCUT2D eigenvalue weighted by molar-refractivity contribution is -0.140. The second-order valence-electron chi connectivity index (χ2n) is 7.49. The van der Waals surface area contributed by atoms with E-state index < -0.39 is 17.7 Å². The molecule has 0 bridgehead atoms.